The molecule has 1 aliphatic heterocycles. The predicted octanol–water partition coefficient (Wildman–Crippen LogP) is 3.54. The van der Waals surface area contributed by atoms with E-state index in [9.17, 15) is 0 Å². The lowest BCUT2D eigenvalue weighted by atomic mass is 9.98. The third-order valence-electron chi connectivity index (χ3n) is 4.34. The van der Waals surface area contributed by atoms with Crippen molar-refractivity contribution >= 4 is 41.3 Å². The normalized spacial score (nSPS) is 20.7. The number of rotatable bonds is 6. The quantitative estimate of drug-likeness (QED) is 0.396. The average molecular weight is 450 g/mol. The number of nitrogens with zero attached hydrogens (tertiary/aromatic N) is 2. The SMILES string of the molecule is CCC(C)NC(=NC)NCC1CCCN(Cc2cccs2)C1.I. The summed E-state index contributed by atoms with van der Waals surface area (Å²) in [5, 5.41) is 9.10. The molecule has 0 aromatic carbocycles. The Morgan fingerprint density at radius 2 is 2.35 bits per heavy atom. The molecule has 1 saturated heterocycles. The lowest BCUT2D eigenvalue weighted by Gasteiger charge is -2.33. The summed E-state index contributed by atoms with van der Waals surface area (Å²) in [6.07, 6.45) is 3.72. The molecule has 2 atom stereocenters. The molecule has 2 N–H and O–H groups in total. The van der Waals surface area contributed by atoms with E-state index in [0.29, 0.717) is 12.0 Å². The van der Waals surface area contributed by atoms with E-state index >= 15 is 0 Å². The van der Waals surface area contributed by atoms with E-state index in [4.69, 9.17) is 0 Å². The highest BCUT2D eigenvalue weighted by atomic mass is 127. The van der Waals surface area contributed by atoms with Crippen LogP contribution >= 0.6 is 35.3 Å². The van der Waals surface area contributed by atoms with Crippen LogP contribution in [0.5, 0.6) is 0 Å². The third-order valence-corrected chi connectivity index (χ3v) is 5.20. The summed E-state index contributed by atoms with van der Waals surface area (Å²) >= 11 is 1.86. The summed E-state index contributed by atoms with van der Waals surface area (Å²) in [7, 11) is 1.85. The van der Waals surface area contributed by atoms with Gasteiger partial charge in [-0.3, -0.25) is 9.89 Å². The van der Waals surface area contributed by atoms with Crippen molar-refractivity contribution in [1.29, 1.82) is 0 Å². The van der Waals surface area contributed by atoms with Gasteiger partial charge >= 0.3 is 0 Å². The van der Waals surface area contributed by atoms with E-state index in [-0.39, 0.29) is 24.0 Å². The molecule has 1 fully saturated rings. The maximum atomic E-state index is 4.32. The van der Waals surface area contributed by atoms with Crippen molar-refractivity contribution in [2.24, 2.45) is 10.9 Å². The molecule has 1 aromatic rings. The standard InChI is InChI=1S/C17H30N4S.HI/c1-4-14(2)20-17(18-3)19-11-15-7-5-9-21(12-15)13-16-8-6-10-22-16;/h6,8,10,14-15H,4-5,7,9,11-13H2,1-3H3,(H2,18,19,20);1H. The number of nitrogens with one attached hydrogen (secondary N) is 2. The van der Waals surface area contributed by atoms with E-state index < -0.39 is 0 Å². The van der Waals surface area contributed by atoms with Crippen LogP contribution in [0, 0.1) is 5.92 Å². The van der Waals surface area contributed by atoms with E-state index in [1.165, 1.54) is 30.8 Å². The van der Waals surface area contributed by atoms with E-state index in [0.717, 1.165) is 25.5 Å². The fraction of sp³-hybridized carbons (Fsp3) is 0.706. The number of hydrogen-bond acceptors (Lipinski definition) is 3. The predicted molar refractivity (Wildman–Crippen MR) is 112 cm³/mol. The molecule has 6 heteroatoms. The number of guanidine groups is 1. The van der Waals surface area contributed by atoms with Crippen LogP contribution in [0.25, 0.3) is 0 Å². The van der Waals surface area contributed by atoms with Crippen LogP contribution in [0.15, 0.2) is 22.5 Å². The number of thiophene rings is 1. The molecule has 0 spiro atoms. The van der Waals surface area contributed by atoms with Crippen LogP contribution < -0.4 is 10.6 Å². The van der Waals surface area contributed by atoms with Crippen molar-refractivity contribution in [3.63, 3.8) is 0 Å². The van der Waals surface area contributed by atoms with Crippen molar-refractivity contribution in [3.8, 4) is 0 Å². The monoisotopic (exact) mass is 450 g/mol. The fourth-order valence-electron chi connectivity index (χ4n) is 2.86. The molecule has 2 unspecified atom stereocenters. The summed E-state index contributed by atoms with van der Waals surface area (Å²) in [6, 6.07) is 4.85. The molecule has 1 aromatic heterocycles. The number of aliphatic imine (C=N–C) groups is 1. The number of piperidine rings is 1. The van der Waals surface area contributed by atoms with Crippen molar-refractivity contribution < 1.29 is 0 Å². The summed E-state index contributed by atoms with van der Waals surface area (Å²) < 4.78 is 0. The van der Waals surface area contributed by atoms with Gasteiger partial charge in [0.1, 0.15) is 0 Å². The van der Waals surface area contributed by atoms with Gasteiger partial charge in [-0.2, -0.15) is 0 Å². The van der Waals surface area contributed by atoms with Crippen molar-refractivity contribution in [2.45, 2.75) is 45.7 Å². The highest BCUT2D eigenvalue weighted by Gasteiger charge is 2.20. The Morgan fingerprint density at radius 1 is 1.52 bits per heavy atom. The molecule has 0 bridgehead atoms. The number of halogens is 1. The van der Waals surface area contributed by atoms with Gasteiger partial charge in [-0.1, -0.05) is 13.0 Å². The Labute approximate surface area is 162 Å². The second kappa shape index (κ2) is 11.3. The van der Waals surface area contributed by atoms with E-state index in [2.05, 4.69) is 51.9 Å². The maximum Gasteiger partial charge on any atom is 0.191 e. The third kappa shape index (κ3) is 7.39. The van der Waals surface area contributed by atoms with Crippen LogP contribution in [0.1, 0.15) is 38.0 Å². The second-order valence-electron chi connectivity index (χ2n) is 6.23. The van der Waals surface area contributed by atoms with Crippen LogP contribution in [0.2, 0.25) is 0 Å². The molecule has 23 heavy (non-hydrogen) atoms. The Hall–Kier alpha value is -0.340. The van der Waals surface area contributed by atoms with Crippen molar-refractivity contribution in [3.05, 3.63) is 22.4 Å². The van der Waals surface area contributed by atoms with Crippen molar-refractivity contribution in [1.82, 2.24) is 15.5 Å². The van der Waals surface area contributed by atoms with Gasteiger partial charge in [-0.05, 0) is 50.1 Å². The first-order chi connectivity index (χ1) is 10.7. The minimum atomic E-state index is 0. The number of hydrogen-bond donors (Lipinski definition) is 2. The zero-order chi connectivity index (χ0) is 15.8. The van der Waals surface area contributed by atoms with Crippen LogP contribution in [0.4, 0.5) is 0 Å². The largest absolute Gasteiger partial charge is 0.356 e. The van der Waals surface area contributed by atoms with E-state index in [1.807, 2.05) is 18.4 Å². The smallest absolute Gasteiger partial charge is 0.191 e. The Balaban J connectivity index is 0.00000264. The lowest BCUT2D eigenvalue weighted by Crippen LogP contribution is -2.46. The van der Waals surface area contributed by atoms with Gasteiger partial charge in [0, 0.05) is 37.6 Å². The van der Waals surface area contributed by atoms with Gasteiger partial charge in [-0.15, -0.1) is 35.3 Å². The molecule has 2 heterocycles. The molecule has 132 valence electrons. The first-order valence-corrected chi connectivity index (χ1v) is 9.31. The molecule has 2 rings (SSSR count). The molecule has 1 aliphatic rings. The lowest BCUT2D eigenvalue weighted by molar-refractivity contribution is 0.169. The van der Waals surface area contributed by atoms with Crippen LogP contribution in [-0.2, 0) is 6.54 Å². The van der Waals surface area contributed by atoms with Gasteiger partial charge in [0.2, 0.25) is 0 Å². The zero-order valence-corrected chi connectivity index (χ0v) is 17.7. The highest BCUT2D eigenvalue weighted by molar-refractivity contribution is 14.0. The molecule has 4 nitrogen and oxygen atoms in total. The topological polar surface area (TPSA) is 39.7 Å². The molecule has 0 radical (unpaired) electrons. The first-order valence-electron chi connectivity index (χ1n) is 8.43. The van der Waals surface area contributed by atoms with Crippen LogP contribution in [0.3, 0.4) is 0 Å². The Morgan fingerprint density at radius 3 is 3.00 bits per heavy atom. The Bertz CT molecular complexity index is 449. The summed E-state index contributed by atoms with van der Waals surface area (Å²) in [6.45, 7) is 8.91. The van der Waals surface area contributed by atoms with Crippen LogP contribution in [-0.4, -0.2) is 43.6 Å². The molecule has 0 saturated carbocycles. The van der Waals surface area contributed by atoms with Gasteiger partial charge in [0.25, 0.3) is 0 Å². The second-order valence-corrected chi connectivity index (χ2v) is 7.26. The molecule has 0 aliphatic carbocycles. The summed E-state index contributed by atoms with van der Waals surface area (Å²) in [5.74, 6) is 1.65. The summed E-state index contributed by atoms with van der Waals surface area (Å²) in [5.41, 5.74) is 0. The zero-order valence-electron chi connectivity index (χ0n) is 14.5. The molecule has 0 amide bonds. The van der Waals surface area contributed by atoms with Crippen molar-refractivity contribution in [2.75, 3.05) is 26.7 Å². The maximum absolute atomic E-state index is 4.32. The minimum Gasteiger partial charge on any atom is -0.356 e. The molecular formula is C17H31IN4S. The summed E-state index contributed by atoms with van der Waals surface area (Å²) in [4.78, 5) is 8.39. The minimum absolute atomic E-state index is 0. The average Bonchev–Trinajstić information content (AvgIpc) is 3.04. The van der Waals surface area contributed by atoms with Gasteiger partial charge in [-0.25, -0.2) is 0 Å². The number of likely N-dealkylation sites (tertiary alicyclic amines) is 1. The molecular weight excluding hydrogens is 419 g/mol. The van der Waals surface area contributed by atoms with E-state index in [1.54, 1.807) is 0 Å². The fourth-order valence-corrected chi connectivity index (χ4v) is 3.60. The Kier molecular flexibility index (Phi) is 10.1. The van der Waals surface area contributed by atoms with Gasteiger partial charge in [0.15, 0.2) is 5.96 Å². The van der Waals surface area contributed by atoms with Gasteiger partial charge < -0.3 is 10.6 Å². The van der Waals surface area contributed by atoms with Gasteiger partial charge in [0.05, 0.1) is 0 Å². The highest BCUT2D eigenvalue weighted by Crippen LogP contribution is 2.19. The first kappa shape index (κ1) is 20.7.